The summed E-state index contributed by atoms with van der Waals surface area (Å²) in [6.07, 6.45) is 0.226. The third kappa shape index (κ3) is 5.65. The molecule has 0 bridgehead atoms. The fraction of sp³-hybridized carbons (Fsp3) is 0.385. The zero-order valence-corrected chi connectivity index (χ0v) is 20.8. The molecule has 3 heterocycles. The number of rotatable bonds is 9. The van der Waals surface area contributed by atoms with Crippen LogP contribution in [-0.2, 0) is 27.5 Å². The van der Waals surface area contributed by atoms with E-state index in [9.17, 15) is 14.4 Å². The number of nitrogens with zero attached hydrogens (tertiary/aromatic N) is 2. The molecule has 36 heavy (non-hydrogen) atoms. The van der Waals surface area contributed by atoms with Crippen LogP contribution in [0, 0.1) is 12.8 Å². The van der Waals surface area contributed by atoms with Crippen molar-refractivity contribution in [2.45, 2.75) is 46.4 Å². The number of ether oxygens (including phenoxy) is 1. The number of hydrogen-bond donors (Lipinski definition) is 2. The summed E-state index contributed by atoms with van der Waals surface area (Å²) in [4.78, 5) is 43.3. The molecule has 1 saturated heterocycles. The number of anilines is 1. The van der Waals surface area contributed by atoms with Gasteiger partial charge >= 0.3 is 0 Å². The summed E-state index contributed by atoms with van der Waals surface area (Å²) < 4.78 is 16.2. The highest BCUT2D eigenvalue weighted by Gasteiger charge is 2.35. The summed E-state index contributed by atoms with van der Waals surface area (Å²) in [7, 11) is 1.55. The Bertz CT molecular complexity index is 1240. The van der Waals surface area contributed by atoms with E-state index in [1.807, 2.05) is 13.8 Å². The van der Waals surface area contributed by atoms with Gasteiger partial charge in [-0.3, -0.25) is 14.4 Å². The van der Waals surface area contributed by atoms with E-state index in [1.54, 1.807) is 55.3 Å². The third-order valence-corrected chi connectivity index (χ3v) is 6.04. The van der Waals surface area contributed by atoms with Crippen LogP contribution in [0.1, 0.15) is 48.0 Å². The second-order valence-corrected chi connectivity index (χ2v) is 9.01. The number of oxazole rings is 1. The van der Waals surface area contributed by atoms with Crippen molar-refractivity contribution in [2.75, 3.05) is 19.0 Å². The molecule has 3 aromatic rings. The summed E-state index contributed by atoms with van der Waals surface area (Å²) >= 11 is 0. The molecule has 3 amide bonds. The minimum atomic E-state index is -0.365. The van der Waals surface area contributed by atoms with Crippen molar-refractivity contribution in [1.82, 2.24) is 15.2 Å². The second kappa shape index (κ2) is 10.8. The number of likely N-dealkylation sites (tertiary alicyclic amines) is 1. The lowest BCUT2D eigenvalue weighted by molar-refractivity contribution is -0.130. The number of nitrogens with one attached hydrogen (secondary N) is 2. The Morgan fingerprint density at radius 1 is 1.17 bits per heavy atom. The molecule has 0 saturated carbocycles. The lowest BCUT2D eigenvalue weighted by Crippen LogP contribution is -2.35. The van der Waals surface area contributed by atoms with Gasteiger partial charge in [-0.25, -0.2) is 4.98 Å². The van der Waals surface area contributed by atoms with Gasteiger partial charge in [-0.2, -0.15) is 0 Å². The number of carbonyl (C=O) groups excluding carboxylic acids is 3. The van der Waals surface area contributed by atoms with Crippen molar-refractivity contribution in [1.29, 1.82) is 0 Å². The Morgan fingerprint density at radius 3 is 2.58 bits per heavy atom. The maximum absolute atomic E-state index is 12.6. The van der Waals surface area contributed by atoms with Crippen molar-refractivity contribution >= 4 is 23.4 Å². The topological polar surface area (TPSA) is 127 Å². The summed E-state index contributed by atoms with van der Waals surface area (Å²) in [5.74, 6) is 0.882. The maximum Gasteiger partial charge on any atom is 0.291 e. The van der Waals surface area contributed by atoms with Crippen LogP contribution in [0.25, 0.3) is 11.5 Å². The summed E-state index contributed by atoms with van der Waals surface area (Å²) in [6, 6.07) is 10.4. The maximum atomic E-state index is 12.6. The molecule has 190 valence electrons. The van der Waals surface area contributed by atoms with Crippen molar-refractivity contribution in [3.05, 3.63) is 59.4 Å². The number of aromatic nitrogens is 1. The Labute approximate surface area is 209 Å². The van der Waals surface area contributed by atoms with Crippen LogP contribution in [0.2, 0.25) is 0 Å². The summed E-state index contributed by atoms with van der Waals surface area (Å²) in [5.41, 5.74) is 1.93. The minimum absolute atomic E-state index is 0.00435. The highest BCUT2D eigenvalue weighted by atomic mass is 16.5. The number of hydrogen-bond acceptors (Lipinski definition) is 7. The van der Waals surface area contributed by atoms with Gasteiger partial charge in [0.25, 0.3) is 5.91 Å². The fourth-order valence-corrected chi connectivity index (χ4v) is 4.05. The molecule has 0 spiro atoms. The highest BCUT2D eigenvalue weighted by molar-refractivity contribution is 6.02. The number of carbonyl (C=O) groups is 3. The Hall–Kier alpha value is -3.92. The monoisotopic (exact) mass is 494 g/mol. The first-order valence-corrected chi connectivity index (χ1v) is 11.8. The lowest BCUT2D eigenvalue weighted by atomic mass is 10.1. The standard InChI is InChI=1S/C26H30N4O6/c1-15(2)30-13-18(11-23(30)31)24(32)27-12-21-16(3)35-26(29-21)17-5-7-19(8-6-17)28-25(33)22-10-9-20(36-22)14-34-4/h5-10,15,18H,11-14H2,1-4H3,(H,27,32)(H,28,33). The number of aryl methyl sites for hydroxylation is 1. The van der Waals surface area contributed by atoms with E-state index in [-0.39, 0.29) is 48.4 Å². The average Bonchev–Trinajstić information content (AvgIpc) is 3.57. The van der Waals surface area contributed by atoms with Gasteiger partial charge < -0.3 is 29.1 Å². The van der Waals surface area contributed by atoms with Crippen LogP contribution >= 0.6 is 0 Å². The third-order valence-electron chi connectivity index (χ3n) is 6.04. The molecule has 1 unspecified atom stereocenters. The van der Waals surface area contributed by atoms with Crippen LogP contribution in [0.4, 0.5) is 5.69 Å². The van der Waals surface area contributed by atoms with E-state index in [1.165, 1.54) is 0 Å². The molecule has 4 rings (SSSR count). The quantitative estimate of drug-likeness (QED) is 0.466. The van der Waals surface area contributed by atoms with Crippen molar-refractivity contribution in [3.8, 4) is 11.5 Å². The lowest BCUT2D eigenvalue weighted by Gasteiger charge is -2.20. The molecular weight excluding hydrogens is 464 g/mol. The normalized spacial score (nSPS) is 15.5. The largest absolute Gasteiger partial charge is 0.453 e. The molecule has 2 aromatic heterocycles. The molecule has 0 radical (unpaired) electrons. The number of benzene rings is 1. The molecule has 1 aromatic carbocycles. The Kier molecular flexibility index (Phi) is 7.54. The number of furan rings is 1. The van der Waals surface area contributed by atoms with E-state index >= 15 is 0 Å². The van der Waals surface area contributed by atoms with E-state index in [4.69, 9.17) is 13.6 Å². The molecule has 0 aliphatic carbocycles. The van der Waals surface area contributed by atoms with Crippen LogP contribution < -0.4 is 10.6 Å². The van der Waals surface area contributed by atoms with Gasteiger partial charge in [0.2, 0.25) is 17.7 Å². The Morgan fingerprint density at radius 2 is 1.92 bits per heavy atom. The van der Waals surface area contributed by atoms with E-state index in [0.29, 0.717) is 41.9 Å². The van der Waals surface area contributed by atoms with E-state index in [2.05, 4.69) is 15.6 Å². The fourth-order valence-electron chi connectivity index (χ4n) is 4.05. The van der Waals surface area contributed by atoms with Gasteiger partial charge in [0.05, 0.1) is 12.5 Å². The molecule has 10 heteroatoms. The molecule has 1 fully saturated rings. The zero-order valence-electron chi connectivity index (χ0n) is 20.8. The van der Waals surface area contributed by atoms with Crippen LogP contribution in [0.5, 0.6) is 0 Å². The molecule has 10 nitrogen and oxygen atoms in total. The smallest absolute Gasteiger partial charge is 0.291 e. The first-order valence-electron chi connectivity index (χ1n) is 11.8. The van der Waals surface area contributed by atoms with Gasteiger partial charge in [0.1, 0.15) is 23.8 Å². The summed E-state index contributed by atoms with van der Waals surface area (Å²) in [5, 5.41) is 5.66. The number of methoxy groups -OCH3 is 1. The van der Waals surface area contributed by atoms with E-state index < -0.39 is 0 Å². The molecule has 1 aliphatic heterocycles. The van der Waals surface area contributed by atoms with Gasteiger partial charge in [-0.15, -0.1) is 0 Å². The SMILES string of the molecule is COCc1ccc(C(=O)Nc2ccc(-c3nc(CNC(=O)C4CC(=O)N(C(C)C)C4)c(C)o3)cc2)o1. The van der Waals surface area contributed by atoms with E-state index in [0.717, 1.165) is 5.56 Å². The van der Waals surface area contributed by atoms with Gasteiger partial charge in [-0.05, 0) is 57.2 Å². The first kappa shape index (κ1) is 25.2. The molecule has 1 atom stereocenters. The average molecular weight is 495 g/mol. The molecular formula is C26H30N4O6. The van der Waals surface area contributed by atoms with Crippen LogP contribution in [0.15, 0.2) is 45.2 Å². The predicted molar refractivity (Wildman–Crippen MR) is 131 cm³/mol. The Balaban J connectivity index is 1.34. The van der Waals surface area contributed by atoms with Crippen molar-refractivity contribution < 1.29 is 28.0 Å². The second-order valence-electron chi connectivity index (χ2n) is 9.01. The van der Waals surface area contributed by atoms with Gasteiger partial charge in [-0.1, -0.05) is 0 Å². The molecule has 2 N–H and O–H groups in total. The number of amides is 3. The van der Waals surface area contributed by atoms with Gasteiger partial charge in [0.15, 0.2) is 5.76 Å². The predicted octanol–water partition coefficient (Wildman–Crippen LogP) is 3.51. The van der Waals surface area contributed by atoms with Gasteiger partial charge in [0, 0.05) is 37.4 Å². The zero-order chi connectivity index (χ0) is 25.8. The van der Waals surface area contributed by atoms with Crippen molar-refractivity contribution in [2.24, 2.45) is 5.92 Å². The van der Waals surface area contributed by atoms with Crippen molar-refractivity contribution in [3.63, 3.8) is 0 Å². The first-order chi connectivity index (χ1) is 17.2. The van der Waals surface area contributed by atoms with Crippen LogP contribution in [-0.4, -0.2) is 47.3 Å². The molecule has 1 aliphatic rings. The summed E-state index contributed by atoms with van der Waals surface area (Å²) in [6.45, 7) is 6.60. The minimum Gasteiger partial charge on any atom is -0.453 e. The highest BCUT2D eigenvalue weighted by Crippen LogP contribution is 2.25. The van der Waals surface area contributed by atoms with Crippen LogP contribution in [0.3, 0.4) is 0 Å².